The number of halogens is 1. The first-order chi connectivity index (χ1) is 9.69. The molecule has 0 fully saturated rings. The predicted molar refractivity (Wildman–Crippen MR) is 83.4 cm³/mol. The summed E-state index contributed by atoms with van der Waals surface area (Å²) in [7, 11) is 1.83. The van der Waals surface area contributed by atoms with E-state index in [0.29, 0.717) is 12.1 Å². The zero-order chi connectivity index (χ0) is 14.5. The first-order valence-corrected chi connectivity index (χ1v) is 7.24. The maximum Gasteiger partial charge on any atom is 0.127 e. The molecule has 0 radical (unpaired) electrons. The molecule has 0 heterocycles. The van der Waals surface area contributed by atoms with Gasteiger partial charge in [0.25, 0.3) is 0 Å². The SMILES string of the molecule is CCc1ccc(CC)c(-c2ccc(F)c(CNC)c2)c1. The Balaban J connectivity index is 2.52. The molecule has 0 aliphatic carbocycles. The molecule has 0 unspecified atom stereocenters. The number of aryl methyl sites for hydroxylation is 2. The van der Waals surface area contributed by atoms with E-state index in [4.69, 9.17) is 0 Å². The van der Waals surface area contributed by atoms with Gasteiger partial charge < -0.3 is 5.32 Å². The van der Waals surface area contributed by atoms with Gasteiger partial charge in [0.1, 0.15) is 5.82 Å². The van der Waals surface area contributed by atoms with Crippen molar-refractivity contribution >= 4 is 0 Å². The van der Waals surface area contributed by atoms with Crippen molar-refractivity contribution in [1.82, 2.24) is 5.32 Å². The average molecular weight is 271 g/mol. The minimum absolute atomic E-state index is 0.146. The summed E-state index contributed by atoms with van der Waals surface area (Å²) in [5, 5.41) is 3.01. The van der Waals surface area contributed by atoms with Crippen LogP contribution in [-0.4, -0.2) is 7.05 Å². The Labute approximate surface area is 120 Å². The predicted octanol–water partition coefficient (Wildman–Crippen LogP) is 4.34. The lowest BCUT2D eigenvalue weighted by molar-refractivity contribution is 0.601. The van der Waals surface area contributed by atoms with Gasteiger partial charge in [0.15, 0.2) is 0 Å². The van der Waals surface area contributed by atoms with Gasteiger partial charge in [0.05, 0.1) is 0 Å². The van der Waals surface area contributed by atoms with Gasteiger partial charge in [-0.05, 0) is 54.3 Å². The highest BCUT2D eigenvalue weighted by Crippen LogP contribution is 2.27. The lowest BCUT2D eigenvalue weighted by atomic mass is 9.94. The van der Waals surface area contributed by atoms with E-state index in [-0.39, 0.29) is 5.82 Å². The number of hydrogen-bond donors (Lipinski definition) is 1. The van der Waals surface area contributed by atoms with Crippen LogP contribution in [-0.2, 0) is 19.4 Å². The van der Waals surface area contributed by atoms with Gasteiger partial charge in [-0.15, -0.1) is 0 Å². The fraction of sp³-hybridized carbons (Fsp3) is 0.333. The molecular weight excluding hydrogens is 249 g/mol. The highest BCUT2D eigenvalue weighted by atomic mass is 19.1. The van der Waals surface area contributed by atoms with Crippen molar-refractivity contribution in [3.8, 4) is 11.1 Å². The van der Waals surface area contributed by atoms with Crippen molar-refractivity contribution in [3.05, 3.63) is 58.9 Å². The van der Waals surface area contributed by atoms with Gasteiger partial charge in [0, 0.05) is 12.1 Å². The van der Waals surface area contributed by atoms with E-state index in [1.165, 1.54) is 16.7 Å². The van der Waals surface area contributed by atoms with E-state index in [0.717, 1.165) is 18.4 Å². The molecule has 0 saturated heterocycles. The third-order valence-corrected chi connectivity index (χ3v) is 3.69. The Hall–Kier alpha value is -1.67. The Morgan fingerprint density at radius 1 is 0.950 bits per heavy atom. The minimum Gasteiger partial charge on any atom is -0.316 e. The lowest BCUT2D eigenvalue weighted by Crippen LogP contribution is -2.07. The molecular formula is C18H22FN. The van der Waals surface area contributed by atoms with Crippen LogP contribution in [0.5, 0.6) is 0 Å². The second-order valence-corrected chi connectivity index (χ2v) is 5.04. The summed E-state index contributed by atoms with van der Waals surface area (Å²) in [5.41, 5.74) is 5.67. The lowest BCUT2D eigenvalue weighted by Gasteiger charge is -2.12. The highest BCUT2D eigenvalue weighted by molar-refractivity contribution is 5.69. The van der Waals surface area contributed by atoms with Gasteiger partial charge in [-0.3, -0.25) is 0 Å². The third kappa shape index (κ3) is 3.07. The molecule has 0 amide bonds. The molecule has 0 aliphatic heterocycles. The molecule has 0 aliphatic rings. The maximum absolute atomic E-state index is 13.8. The van der Waals surface area contributed by atoms with Crippen LogP contribution in [0.3, 0.4) is 0 Å². The molecule has 0 atom stereocenters. The van der Waals surface area contributed by atoms with Gasteiger partial charge in [-0.1, -0.05) is 38.1 Å². The first-order valence-electron chi connectivity index (χ1n) is 7.24. The van der Waals surface area contributed by atoms with Crippen molar-refractivity contribution in [2.24, 2.45) is 0 Å². The second kappa shape index (κ2) is 6.67. The number of benzene rings is 2. The molecule has 2 aromatic rings. The molecule has 0 aromatic heterocycles. The molecule has 0 spiro atoms. The van der Waals surface area contributed by atoms with E-state index in [1.807, 2.05) is 19.2 Å². The number of nitrogens with one attached hydrogen (secondary N) is 1. The molecule has 1 N–H and O–H groups in total. The summed E-state index contributed by atoms with van der Waals surface area (Å²) in [6, 6.07) is 12.0. The van der Waals surface area contributed by atoms with Crippen LogP contribution in [0.2, 0.25) is 0 Å². The van der Waals surface area contributed by atoms with Crippen molar-refractivity contribution in [2.45, 2.75) is 33.2 Å². The normalized spacial score (nSPS) is 10.8. The van der Waals surface area contributed by atoms with Gasteiger partial charge in [-0.2, -0.15) is 0 Å². The van der Waals surface area contributed by atoms with E-state index >= 15 is 0 Å². The molecule has 1 nitrogen and oxygen atoms in total. The first kappa shape index (κ1) is 14.7. The molecule has 2 heteroatoms. The molecule has 2 rings (SSSR count). The van der Waals surface area contributed by atoms with E-state index in [1.54, 1.807) is 6.07 Å². The quantitative estimate of drug-likeness (QED) is 0.853. The summed E-state index contributed by atoms with van der Waals surface area (Å²) in [6.07, 6.45) is 2.00. The van der Waals surface area contributed by atoms with E-state index < -0.39 is 0 Å². The van der Waals surface area contributed by atoms with E-state index in [9.17, 15) is 4.39 Å². The largest absolute Gasteiger partial charge is 0.316 e. The van der Waals surface area contributed by atoms with Crippen molar-refractivity contribution in [1.29, 1.82) is 0 Å². The Bertz CT molecular complexity index is 590. The van der Waals surface area contributed by atoms with Crippen LogP contribution >= 0.6 is 0 Å². The Morgan fingerprint density at radius 2 is 1.75 bits per heavy atom. The summed E-state index contributed by atoms with van der Waals surface area (Å²) < 4.78 is 13.8. The minimum atomic E-state index is -0.146. The zero-order valence-electron chi connectivity index (χ0n) is 12.5. The molecule has 0 bridgehead atoms. The van der Waals surface area contributed by atoms with Crippen molar-refractivity contribution in [2.75, 3.05) is 7.05 Å². The third-order valence-electron chi connectivity index (χ3n) is 3.69. The number of hydrogen-bond acceptors (Lipinski definition) is 1. The fourth-order valence-corrected chi connectivity index (χ4v) is 2.49. The summed E-state index contributed by atoms with van der Waals surface area (Å²) >= 11 is 0. The van der Waals surface area contributed by atoms with Crippen LogP contribution in [0.15, 0.2) is 36.4 Å². The Kier molecular flexibility index (Phi) is 4.91. The van der Waals surface area contributed by atoms with Crippen LogP contribution in [0.25, 0.3) is 11.1 Å². The monoisotopic (exact) mass is 271 g/mol. The fourth-order valence-electron chi connectivity index (χ4n) is 2.49. The van der Waals surface area contributed by atoms with Crippen LogP contribution in [0.1, 0.15) is 30.5 Å². The van der Waals surface area contributed by atoms with Gasteiger partial charge in [0.2, 0.25) is 0 Å². The van der Waals surface area contributed by atoms with Crippen LogP contribution in [0.4, 0.5) is 4.39 Å². The van der Waals surface area contributed by atoms with Gasteiger partial charge >= 0.3 is 0 Å². The molecule has 2 aromatic carbocycles. The molecule has 106 valence electrons. The summed E-state index contributed by atoms with van der Waals surface area (Å²) in [4.78, 5) is 0. The van der Waals surface area contributed by atoms with Crippen LogP contribution in [0, 0.1) is 5.82 Å². The van der Waals surface area contributed by atoms with Crippen molar-refractivity contribution in [3.63, 3.8) is 0 Å². The van der Waals surface area contributed by atoms with Crippen LogP contribution < -0.4 is 5.32 Å². The Morgan fingerprint density at radius 3 is 2.40 bits per heavy atom. The second-order valence-electron chi connectivity index (χ2n) is 5.04. The molecule has 0 saturated carbocycles. The smallest absolute Gasteiger partial charge is 0.127 e. The maximum atomic E-state index is 13.8. The van der Waals surface area contributed by atoms with Gasteiger partial charge in [-0.25, -0.2) is 4.39 Å². The van der Waals surface area contributed by atoms with Crippen molar-refractivity contribution < 1.29 is 4.39 Å². The summed E-state index contributed by atoms with van der Waals surface area (Å²) in [6.45, 7) is 4.86. The average Bonchev–Trinajstić information content (AvgIpc) is 2.49. The standard InChI is InChI=1S/C18H22FN/c1-4-13-6-7-14(5-2)17(10-13)15-8-9-18(19)16(11-15)12-20-3/h6-11,20H,4-5,12H2,1-3H3. The number of rotatable bonds is 5. The highest BCUT2D eigenvalue weighted by Gasteiger charge is 2.08. The molecule has 20 heavy (non-hydrogen) atoms. The topological polar surface area (TPSA) is 12.0 Å². The summed E-state index contributed by atoms with van der Waals surface area (Å²) in [5.74, 6) is -0.146. The zero-order valence-corrected chi connectivity index (χ0v) is 12.5. The van der Waals surface area contributed by atoms with E-state index in [2.05, 4.69) is 37.4 Å².